The molecule has 116 valence electrons. The predicted octanol–water partition coefficient (Wildman–Crippen LogP) is 2.57. The van der Waals surface area contributed by atoms with Crippen molar-refractivity contribution in [3.05, 3.63) is 42.1 Å². The van der Waals surface area contributed by atoms with Crippen molar-refractivity contribution in [3.8, 4) is 0 Å². The molecule has 0 aliphatic carbocycles. The molecule has 0 spiro atoms. The van der Waals surface area contributed by atoms with Gasteiger partial charge >= 0.3 is 0 Å². The molecule has 2 heterocycles. The first-order valence-electron chi connectivity index (χ1n) is 7.42. The molecule has 0 radical (unpaired) electrons. The molecule has 0 aliphatic rings. The molecule has 4 aromatic rings. The summed E-state index contributed by atoms with van der Waals surface area (Å²) < 4.78 is 4.95. The highest BCUT2D eigenvalue weighted by Gasteiger charge is 2.12. The Morgan fingerprint density at radius 3 is 3.00 bits per heavy atom. The number of fused-ring (bicyclic) bond motifs is 5. The second kappa shape index (κ2) is 5.40. The molecule has 1 amide bonds. The molecule has 0 bridgehead atoms. The average molecular weight is 308 g/mol. The molecule has 6 heteroatoms. The van der Waals surface area contributed by atoms with Gasteiger partial charge in [-0.3, -0.25) is 9.89 Å². The Labute approximate surface area is 131 Å². The number of H-pyrrole nitrogens is 2. The van der Waals surface area contributed by atoms with E-state index in [1.165, 1.54) is 0 Å². The fraction of sp³-hybridized carbons (Fsp3) is 0.176. The Hall–Kier alpha value is -2.86. The second-order valence-corrected chi connectivity index (χ2v) is 5.46. The highest BCUT2D eigenvalue weighted by molar-refractivity contribution is 6.16. The number of ether oxygens (including phenoxy) is 1. The van der Waals surface area contributed by atoms with E-state index in [9.17, 15) is 4.79 Å². The predicted molar refractivity (Wildman–Crippen MR) is 89.7 cm³/mol. The molecule has 4 rings (SSSR count). The molecular weight excluding hydrogens is 292 g/mol. The normalized spacial score (nSPS) is 11.5. The number of carbonyl (C=O) groups is 1. The molecule has 0 unspecified atom stereocenters. The maximum atomic E-state index is 12.2. The van der Waals surface area contributed by atoms with Crippen LogP contribution in [0.3, 0.4) is 0 Å². The van der Waals surface area contributed by atoms with Gasteiger partial charge in [-0.2, -0.15) is 5.10 Å². The van der Waals surface area contributed by atoms with Gasteiger partial charge in [0.25, 0.3) is 5.91 Å². The van der Waals surface area contributed by atoms with Crippen LogP contribution in [0.15, 0.2) is 36.5 Å². The lowest BCUT2D eigenvalue weighted by molar-refractivity contribution is 0.0937. The number of rotatable bonds is 4. The van der Waals surface area contributed by atoms with E-state index in [-0.39, 0.29) is 5.91 Å². The first kappa shape index (κ1) is 13.8. The third kappa shape index (κ3) is 2.24. The average Bonchev–Trinajstić information content (AvgIpc) is 3.18. The number of hydrogen-bond donors (Lipinski definition) is 3. The van der Waals surface area contributed by atoms with Gasteiger partial charge in [0.15, 0.2) is 0 Å². The van der Waals surface area contributed by atoms with E-state index in [2.05, 4.69) is 26.6 Å². The van der Waals surface area contributed by atoms with Crippen LogP contribution >= 0.6 is 0 Å². The number of amides is 1. The Bertz CT molecular complexity index is 1020. The summed E-state index contributed by atoms with van der Waals surface area (Å²) in [4.78, 5) is 15.6. The Kier molecular flexibility index (Phi) is 3.24. The van der Waals surface area contributed by atoms with Gasteiger partial charge in [0.1, 0.15) is 0 Å². The zero-order valence-corrected chi connectivity index (χ0v) is 12.6. The van der Waals surface area contributed by atoms with Crippen LogP contribution in [0.1, 0.15) is 10.4 Å². The van der Waals surface area contributed by atoms with E-state index >= 15 is 0 Å². The standard InChI is InChI=1S/C17H16N4O2/c1-23-7-6-18-17(22)10-3-5-14-13(8-10)12-4-2-11-9-19-21-15(11)16(12)20-14/h2-5,8-9,20H,6-7H2,1H3,(H,18,22)(H,19,21). The molecule has 0 aliphatic heterocycles. The van der Waals surface area contributed by atoms with Crippen molar-refractivity contribution in [2.45, 2.75) is 0 Å². The lowest BCUT2D eigenvalue weighted by Gasteiger charge is -2.04. The van der Waals surface area contributed by atoms with E-state index in [4.69, 9.17) is 4.74 Å². The number of aromatic amines is 2. The quantitative estimate of drug-likeness (QED) is 0.507. The minimum Gasteiger partial charge on any atom is -0.383 e. The summed E-state index contributed by atoms with van der Waals surface area (Å²) in [6.45, 7) is 0.995. The third-order valence-corrected chi connectivity index (χ3v) is 4.04. The number of carbonyl (C=O) groups excluding carboxylic acids is 1. The van der Waals surface area contributed by atoms with Gasteiger partial charge in [-0.15, -0.1) is 0 Å². The molecule has 0 saturated carbocycles. The molecule has 2 aromatic carbocycles. The number of hydrogen-bond acceptors (Lipinski definition) is 3. The summed E-state index contributed by atoms with van der Waals surface area (Å²) in [7, 11) is 1.61. The molecule has 0 atom stereocenters. The molecule has 3 N–H and O–H groups in total. The lowest BCUT2D eigenvalue weighted by atomic mass is 10.1. The van der Waals surface area contributed by atoms with E-state index in [0.717, 1.165) is 32.7 Å². The van der Waals surface area contributed by atoms with Crippen molar-refractivity contribution in [2.75, 3.05) is 20.3 Å². The van der Waals surface area contributed by atoms with Crippen molar-refractivity contribution >= 4 is 38.6 Å². The van der Waals surface area contributed by atoms with Crippen molar-refractivity contribution in [1.29, 1.82) is 0 Å². The Morgan fingerprint density at radius 2 is 2.13 bits per heavy atom. The van der Waals surface area contributed by atoms with Crippen molar-refractivity contribution in [3.63, 3.8) is 0 Å². The first-order chi connectivity index (χ1) is 11.3. The molecular formula is C17H16N4O2. The minimum absolute atomic E-state index is 0.0964. The molecule has 0 fully saturated rings. The fourth-order valence-electron chi connectivity index (χ4n) is 2.89. The first-order valence-corrected chi connectivity index (χ1v) is 7.42. The summed E-state index contributed by atoms with van der Waals surface area (Å²) in [5, 5.41) is 13.1. The largest absolute Gasteiger partial charge is 0.383 e. The summed E-state index contributed by atoms with van der Waals surface area (Å²) in [6, 6.07) is 9.75. The Morgan fingerprint density at radius 1 is 1.22 bits per heavy atom. The van der Waals surface area contributed by atoms with Crippen LogP contribution < -0.4 is 5.32 Å². The Balaban J connectivity index is 1.81. The molecule has 2 aromatic heterocycles. The molecule has 0 saturated heterocycles. The minimum atomic E-state index is -0.0964. The smallest absolute Gasteiger partial charge is 0.251 e. The summed E-state index contributed by atoms with van der Waals surface area (Å²) >= 11 is 0. The number of methoxy groups -OCH3 is 1. The van der Waals surface area contributed by atoms with Crippen LogP contribution in [0, 0.1) is 0 Å². The monoisotopic (exact) mass is 308 g/mol. The van der Waals surface area contributed by atoms with Gasteiger partial charge in [0.2, 0.25) is 0 Å². The van der Waals surface area contributed by atoms with Crippen LogP contribution in [0.4, 0.5) is 0 Å². The van der Waals surface area contributed by atoms with Crippen molar-refractivity contribution in [1.82, 2.24) is 20.5 Å². The van der Waals surface area contributed by atoms with Crippen LogP contribution in [0.5, 0.6) is 0 Å². The van der Waals surface area contributed by atoms with Crippen molar-refractivity contribution < 1.29 is 9.53 Å². The second-order valence-electron chi connectivity index (χ2n) is 5.46. The highest BCUT2D eigenvalue weighted by Crippen LogP contribution is 2.30. The van der Waals surface area contributed by atoms with Crippen LogP contribution in [-0.2, 0) is 4.74 Å². The number of nitrogens with one attached hydrogen (secondary N) is 3. The van der Waals surface area contributed by atoms with Gasteiger partial charge in [-0.05, 0) is 18.2 Å². The fourth-order valence-corrected chi connectivity index (χ4v) is 2.89. The number of benzene rings is 2. The summed E-state index contributed by atoms with van der Waals surface area (Å²) in [5.41, 5.74) is 3.62. The van der Waals surface area contributed by atoms with Gasteiger partial charge in [-0.1, -0.05) is 12.1 Å². The van der Waals surface area contributed by atoms with E-state index in [1.54, 1.807) is 13.3 Å². The third-order valence-electron chi connectivity index (χ3n) is 4.04. The highest BCUT2D eigenvalue weighted by atomic mass is 16.5. The summed E-state index contributed by atoms with van der Waals surface area (Å²) in [6.07, 6.45) is 1.80. The zero-order valence-electron chi connectivity index (χ0n) is 12.6. The maximum absolute atomic E-state index is 12.2. The topological polar surface area (TPSA) is 82.8 Å². The van der Waals surface area contributed by atoms with E-state index < -0.39 is 0 Å². The van der Waals surface area contributed by atoms with Gasteiger partial charge in [-0.25, -0.2) is 0 Å². The van der Waals surface area contributed by atoms with Gasteiger partial charge < -0.3 is 15.0 Å². The van der Waals surface area contributed by atoms with Crippen LogP contribution in [0.25, 0.3) is 32.7 Å². The molecule has 6 nitrogen and oxygen atoms in total. The van der Waals surface area contributed by atoms with Gasteiger partial charge in [0, 0.05) is 40.9 Å². The lowest BCUT2D eigenvalue weighted by Crippen LogP contribution is -2.26. The zero-order chi connectivity index (χ0) is 15.8. The van der Waals surface area contributed by atoms with Gasteiger partial charge in [0.05, 0.1) is 23.8 Å². The van der Waals surface area contributed by atoms with Crippen molar-refractivity contribution in [2.24, 2.45) is 0 Å². The number of nitrogens with zero attached hydrogens (tertiary/aromatic N) is 1. The SMILES string of the molecule is COCCNC(=O)c1ccc2[nH]c3c(ccc4cn[nH]c43)c2c1. The van der Waals surface area contributed by atoms with E-state index in [0.29, 0.717) is 18.7 Å². The number of aromatic nitrogens is 3. The molecule has 23 heavy (non-hydrogen) atoms. The van der Waals surface area contributed by atoms with E-state index in [1.807, 2.05) is 24.3 Å². The van der Waals surface area contributed by atoms with Crippen LogP contribution in [-0.4, -0.2) is 41.3 Å². The maximum Gasteiger partial charge on any atom is 0.251 e. The summed E-state index contributed by atoms with van der Waals surface area (Å²) in [5.74, 6) is -0.0964. The van der Waals surface area contributed by atoms with Crippen LogP contribution in [0.2, 0.25) is 0 Å².